The van der Waals surface area contributed by atoms with E-state index in [0.717, 1.165) is 0 Å². The molecule has 38 heavy (non-hydrogen) atoms. The summed E-state index contributed by atoms with van der Waals surface area (Å²) in [6.45, 7) is 7.10. The fourth-order valence-corrected chi connectivity index (χ4v) is 6.92. The van der Waals surface area contributed by atoms with Crippen LogP contribution in [0.25, 0.3) is 5.76 Å². The Kier molecular flexibility index (Phi) is 7.75. The van der Waals surface area contributed by atoms with Crippen molar-refractivity contribution in [3.05, 3.63) is 47.0 Å². The fourth-order valence-electron chi connectivity index (χ4n) is 5.40. The highest BCUT2D eigenvalue weighted by molar-refractivity contribution is 8.03. The number of ether oxygens (including phenoxy) is 2. The Bertz CT molecular complexity index is 1210. The van der Waals surface area contributed by atoms with Crippen LogP contribution in [0.2, 0.25) is 0 Å². The van der Waals surface area contributed by atoms with Gasteiger partial charge in [0.25, 0.3) is 0 Å². The summed E-state index contributed by atoms with van der Waals surface area (Å²) in [6, 6.07) is 5.30. The third-order valence-electron chi connectivity index (χ3n) is 7.22. The summed E-state index contributed by atoms with van der Waals surface area (Å²) < 4.78 is 9.88. The number of carbonyl (C=O) groups is 4. The lowest BCUT2D eigenvalue weighted by atomic mass is 9.79. The highest BCUT2D eigenvalue weighted by atomic mass is 32.2. The number of amides is 3. The molecule has 204 valence electrons. The topological polar surface area (TPSA) is 146 Å². The number of nitrogens with zero attached hydrogens (tertiary/aromatic N) is 2. The monoisotopic (exact) mass is 545 g/mol. The van der Waals surface area contributed by atoms with Crippen molar-refractivity contribution in [1.29, 1.82) is 0 Å². The number of benzene rings is 1. The minimum absolute atomic E-state index is 0.143. The van der Waals surface area contributed by atoms with Crippen molar-refractivity contribution in [3.63, 3.8) is 0 Å². The molecule has 3 aliphatic rings. The van der Waals surface area contributed by atoms with Crippen molar-refractivity contribution in [3.8, 4) is 0 Å². The molecule has 11 nitrogen and oxygen atoms in total. The van der Waals surface area contributed by atoms with Gasteiger partial charge in [-0.05, 0) is 25.5 Å². The molecule has 2 fully saturated rings. The molecular weight excluding hydrogens is 514 g/mol. The van der Waals surface area contributed by atoms with E-state index in [1.807, 2.05) is 6.92 Å². The van der Waals surface area contributed by atoms with E-state index in [0.29, 0.717) is 16.2 Å². The van der Waals surface area contributed by atoms with Crippen molar-refractivity contribution < 1.29 is 38.9 Å². The zero-order valence-electron chi connectivity index (χ0n) is 21.5. The van der Waals surface area contributed by atoms with E-state index < -0.39 is 36.0 Å². The second-order valence-electron chi connectivity index (χ2n) is 9.59. The van der Waals surface area contributed by atoms with Gasteiger partial charge in [-0.15, -0.1) is 11.8 Å². The van der Waals surface area contributed by atoms with Crippen molar-refractivity contribution >= 4 is 47.1 Å². The molecule has 0 radical (unpaired) electrons. The van der Waals surface area contributed by atoms with Crippen LogP contribution in [0.15, 0.2) is 41.4 Å². The van der Waals surface area contributed by atoms with Gasteiger partial charge in [0.2, 0.25) is 11.8 Å². The Balaban J connectivity index is 1.57. The molecule has 3 heterocycles. The summed E-state index contributed by atoms with van der Waals surface area (Å²) in [7, 11) is 2.47. The minimum Gasteiger partial charge on any atom is -0.508 e. The molecule has 2 saturated heterocycles. The Morgan fingerprint density at radius 1 is 1.24 bits per heavy atom. The van der Waals surface area contributed by atoms with Gasteiger partial charge in [0.15, 0.2) is 0 Å². The number of likely N-dealkylation sites (tertiary alicyclic amines) is 1. The van der Waals surface area contributed by atoms with Gasteiger partial charge in [0, 0.05) is 33.9 Å². The number of carbonyl (C=O) groups excluding carboxylic acids is 4. The highest BCUT2D eigenvalue weighted by Gasteiger charge is 2.60. The second kappa shape index (κ2) is 10.7. The molecular formula is C26H31N3O8S. The molecule has 0 aromatic heterocycles. The Hall–Kier alpha value is -3.51. The predicted molar refractivity (Wildman–Crippen MR) is 140 cm³/mol. The van der Waals surface area contributed by atoms with Crippen LogP contribution in [0, 0.1) is 11.8 Å². The van der Waals surface area contributed by atoms with Crippen LogP contribution < -0.4 is 5.32 Å². The summed E-state index contributed by atoms with van der Waals surface area (Å²) in [4.78, 5) is 54.7. The predicted octanol–water partition coefficient (Wildman–Crippen LogP) is 2.34. The zero-order chi connectivity index (χ0) is 27.9. The number of hydrogen-bond donors (Lipinski definition) is 3. The number of rotatable bonds is 7. The average molecular weight is 546 g/mol. The van der Waals surface area contributed by atoms with Gasteiger partial charge < -0.3 is 29.9 Å². The molecule has 0 unspecified atom stereocenters. The Morgan fingerprint density at radius 3 is 2.55 bits per heavy atom. The number of aliphatic hydroxyl groups excluding tert-OH is 2. The second-order valence-corrected chi connectivity index (χ2v) is 10.9. The smallest absolute Gasteiger partial charge is 0.410 e. The number of thioether (sulfide) groups is 1. The van der Waals surface area contributed by atoms with Gasteiger partial charge in [-0.25, -0.2) is 9.59 Å². The van der Waals surface area contributed by atoms with Gasteiger partial charge in [-0.2, -0.15) is 0 Å². The number of aliphatic hydroxyl groups is 2. The maximum absolute atomic E-state index is 13.2. The van der Waals surface area contributed by atoms with Crippen LogP contribution in [0.5, 0.6) is 0 Å². The van der Waals surface area contributed by atoms with Crippen LogP contribution in [-0.4, -0.2) is 88.1 Å². The number of methoxy groups -OCH3 is 2. The van der Waals surface area contributed by atoms with E-state index in [4.69, 9.17) is 9.47 Å². The third-order valence-corrected chi connectivity index (χ3v) is 8.71. The first-order valence-corrected chi connectivity index (χ1v) is 13.0. The maximum atomic E-state index is 13.2. The quantitative estimate of drug-likeness (QED) is 0.267. The molecule has 0 spiro atoms. The lowest BCUT2D eigenvalue weighted by Gasteiger charge is -2.46. The number of esters is 1. The highest BCUT2D eigenvalue weighted by Crippen LogP contribution is 2.52. The van der Waals surface area contributed by atoms with Gasteiger partial charge >= 0.3 is 12.1 Å². The van der Waals surface area contributed by atoms with Gasteiger partial charge in [0.1, 0.15) is 17.5 Å². The lowest BCUT2D eigenvalue weighted by molar-refractivity contribution is -0.163. The minimum atomic E-state index is -0.870. The van der Waals surface area contributed by atoms with Crippen molar-refractivity contribution in [2.45, 2.75) is 43.7 Å². The van der Waals surface area contributed by atoms with E-state index in [2.05, 4.69) is 11.9 Å². The first kappa shape index (κ1) is 27.5. The maximum Gasteiger partial charge on any atom is 0.410 e. The normalized spacial score (nSPS) is 27.0. The first-order chi connectivity index (χ1) is 18.0. The molecule has 12 heteroatoms. The molecule has 4 rings (SSSR count). The summed E-state index contributed by atoms with van der Waals surface area (Å²) in [5.41, 5.74) is 1.02. The number of nitrogens with one attached hydrogen (secondary N) is 1. The van der Waals surface area contributed by atoms with Crippen molar-refractivity contribution in [2.24, 2.45) is 11.8 Å². The lowest BCUT2D eigenvalue weighted by Crippen LogP contribution is -2.63. The fraction of sp³-hybridized carbons (Fsp3) is 0.462. The van der Waals surface area contributed by atoms with Crippen LogP contribution in [-0.2, 0) is 23.9 Å². The molecule has 6 atom stereocenters. The van der Waals surface area contributed by atoms with E-state index >= 15 is 0 Å². The number of hydrogen-bond acceptors (Lipinski definition) is 9. The molecule has 0 saturated carbocycles. The van der Waals surface area contributed by atoms with Crippen LogP contribution in [0.1, 0.15) is 25.8 Å². The summed E-state index contributed by atoms with van der Waals surface area (Å²) in [5.74, 6) is -2.44. The largest absolute Gasteiger partial charge is 0.508 e. The van der Waals surface area contributed by atoms with Crippen LogP contribution >= 0.6 is 11.8 Å². The molecule has 3 aliphatic heterocycles. The van der Waals surface area contributed by atoms with E-state index in [1.165, 1.54) is 35.8 Å². The van der Waals surface area contributed by atoms with Gasteiger partial charge in [-0.3, -0.25) is 14.5 Å². The SMILES string of the molecule is C=C(O)c1cccc(NC(=O)[C@@H]2C[C@H](SC3=C(C(=O)OC)N4C(=O)[C@H]([C@@H](C)O)[C@H]4[C@H]3C)CN2C(=O)OC)c1. The van der Waals surface area contributed by atoms with E-state index in [9.17, 15) is 29.4 Å². The number of β-lactam (4-membered cyclic amide) rings is 1. The van der Waals surface area contributed by atoms with Gasteiger partial charge in [0.05, 0.1) is 32.3 Å². The van der Waals surface area contributed by atoms with E-state index in [-0.39, 0.29) is 47.5 Å². The van der Waals surface area contributed by atoms with E-state index in [1.54, 1.807) is 31.2 Å². The van der Waals surface area contributed by atoms with Crippen molar-refractivity contribution in [2.75, 3.05) is 26.1 Å². The number of anilines is 1. The molecule has 1 aromatic carbocycles. The Labute approximate surface area is 224 Å². The zero-order valence-corrected chi connectivity index (χ0v) is 22.4. The molecule has 0 bridgehead atoms. The summed E-state index contributed by atoms with van der Waals surface area (Å²) in [6.07, 6.45) is -1.27. The molecule has 3 amide bonds. The Morgan fingerprint density at radius 2 is 1.95 bits per heavy atom. The van der Waals surface area contributed by atoms with Crippen molar-refractivity contribution in [1.82, 2.24) is 9.80 Å². The average Bonchev–Trinajstić information content (AvgIpc) is 3.41. The molecule has 0 aliphatic carbocycles. The van der Waals surface area contributed by atoms with Crippen LogP contribution in [0.4, 0.5) is 10.5 Å². The van der Waals surface area contributed by atoms with Gasteiger partial charge in [-0.1, -0.05) is 25.6 Å². The summed E-state index contributed by atoms with van der Waals surface area (Å²) in [5, 5.41) is 22.3. The summed E-state index contributed by atoms with van der Waals surface area (Å²) >= 11 is 1.33. The third kappa shape index (κ3) is 4.73. The number of fused-ring (bicyclic) bond motifs is 1. The molecule has 1 aromatic rings. The van der Waals surface area contributed by atoms with Crippen LogP contribution in [0.3, 0.4) is 0 Å². The first-order valence-electron chi connectivity index (χ1n) is 12.1. The molecule has 3 N–H and O–H groups in total. The standard InChI is InChI=1S/C26H31N3O8S/c1-12-20-19(14(3)31)24(33)29(20)21(25(34)36-4)22(12)38-17-10-18(28(11-17)26(35)37-5)23(32)27-16-8-6-7-15(9-16)13(2)30/h6-9,12,14,17-20,30-31H,2,10-11H2,1,3-5H3,(H,27,32)/t12-,14-,17+,18+,19-,20-/m1/s1.